The Morgan fingerprint density at radius 1 is 1.35 bits per heavy atom. The van der Waals surface area contributed by atoms with Crippen molar-refractivity contribution >= 4 is 10.0 Å². The molecule has 0 spiro atoms. The van der Waals surface area contributed by atoms with Crippen molar-refractivity contribution in [3.8, 4) is 0 Å². The molecule has 0 atom stereocenters. The molecule has 1 saturated carbocycles. The summed E-state index contributed by atoms with van der Waals surface area (Å²) in [4.78, 5) is 3.71. The Kier molecular flexibility index (Phi) is 3.78. The van der Waals surface area contributed by atoms with Gasteiger partial charge in [0.25, 0.3) is 10.0 Å². The Bertz CT molecular complexity index is 580. The molecule has 2 N–H and O–H groups in total. The molecule has 1 aromatic heterocycles. The van der Waals surface area contributed by atoms with E-state index in [-0.39, 0.29) is 12.8 Å². The molecule has 5 nitrogen and oxygen atoms in total. The van der Waals surface area contributed by atoms with Gasteiger partial charge in [-0.3, -0.25) is 0 Å². The molecule has 1 aromatic rings. The zero-order valence-corrected chi connectivity index (χ0v) is 11.5. The smallest absolute Gasteiger partial charge is 0.316 e. The molecule has 2 rings (SSSR count). The molecule has 1 aliphatic carbocycles. The fourth-order valence-electron chi connectivity index (χ4n) is 1.76. The minimum atomic E-state index is -4.59. The van der Waals surface area contributed by atoms with Gasteiger partial charge >= 0.3 is 6.18 Å². The SMILES string of the molecule is CNCc1ccc(S(=O)(=O)NC2(C(F)(F)F)CC2)nc1. The summed E-state index contributed by atoms with van der Waals surface area (Å²) in [6.45, 7) is 0.493. The van der Waals surface area contributed by atoms with Gasteiger partial charge in [0, 0.05) is 12.7 Å². The predicted octanol–water partition coefficient (Wildman–Crippen LogP) is 1.17. The lowest BCUT2D eigenvalue weighted by molar-refractivity contribution is -0.160. The zero-order chi connectivity index (χ0) is 15.0. The van der Waals surface area contributed by atoms with Crippen LogP contribution in [0.5, 0.6) is 0 Å². The topological polar surface area (TPSA) is 71.1 Å². The highest BCUT2D eigenvalue weighted by atomic mass is 32.2. The Hall–Kier alpha value is -1.19. The van der Waals surface area contributed by atoms with Crippen LogP contribution >= 0.6 is 0 Å². The fraction of sp³-hybridized carbons (Fsp3) is 0.545. The van der Waals surface area contributed by atoms with Crippen LogP contribution in [0.3, 0.4) is 0 Å². The monoisotopic (exact) mass is 309 g/mol. The first kappa shape index (κ1) is 15.2. The van der Waals surface area contributed by atoms with E-state index in [1.165, 1.54) is 18.3 Å². The van der Waals surface area contributed by atoms with E-state index in [9.17, 15) is 21.6 Å². The Morgan fingerprint density at radius 3 is 2.40 bits per heavy atom. The second-order valence-electron chi connectivity index (χ2n) is 4.72. The van der Waals surface area contributed by atoms with Gasteiger partial charge < -0.3 is 5.32 Å². The molecule has 0 aromatic carbocycles. The number of hydrogen-bond donors (Lipinski definition) is 2. The minimum absolute atomic E-state index is 0.242. The highest BCUT2D eigenvalue weighted by Gasteiger charge is 2.65. The first-order chi connectivity index (χ1) is 9.20. The van der Waals surface area contributed by atoms with E-state index in [0.717, 1.165) is 5.56 Å². The second kappa shape index (κ2) is 4.97. The van der Waals surface area contributed by atoms with Crippen molar-refractivity contribution in [3.05, 3.63) is 23.9 Å². The average molecular weight is 309 g/mol. The first-order valence-corrected chi connectivity index (χ1v) is 7.39. The van der Waals surface area contributed by atoms with E-state index in [2.05, 4.69) is 10.3 Å². The van der Waals surface area contributed by atoms with Gasteiger partial charge in [0.1, 0.15) is 5.54 Å². The van der Waals surface area contributed by atoms with Crippen molar-refractivity contribution < 1.29 is 21.6 Å². The minimum Gasteiger partial charge on any atom is -0.316 e. The van der Waals surface area contributed by atoms with Crippen molar-refractivity contribution in [1.82, 2.24) is 15.0 Å². The summed E-state index contributed by atoms with van der Waals surface area (Å²) in [5.74, 6) is 0. The molecule has 1 fully saturated rings. The molecule has 0 bridgehead atoms. The number of hydrogen-bond acceptors (Lipinski definition) is 4. The van der Waals surface area contributed by atoms with Gasteiger partial charge in [-0.2, -0.15) is 17.9 Å². The van der Waals surface area contributed by atoms with Gasteiger partial charge in [-0.05, 0) is 31.5 Å². The van der Waals surface area contributed by atoms with Gasteiger partial charge in [0.15, 0.2) is 5.03 Å². The molecule has 0 saturated heterocycles. The number of pyridine rings is 1. The van der Waals surface area contributed by atoms with Crippen molar-refractivity contribution in [1.29, 1.82) is 0 Å². The predicted molar refractivity (Wildman–Crippen MR) is 65.3 cm³/mol. The highest BCUT2D eigenvalue weighted by Crippen LogP contribution is 2.49. The zero-order valence-electron chi connectivity index (χ0n) is 10.7. The molecule has 0 aliphatic heterocycles. The standard InChI is InChI=1S/C11H14F3N3O2S/c1-15-6-8-2-3-9(16-7-8)20(18,19)17-10(4-5-10)11(12,13)14/h2-3,7,15,17H,4-6H2,1H3. The van der Waals surface area contributed by atoms with E-state index in [1.807, 2.05) is 0 Å². The molecule has 9 heteroatoms. The van der Waals surface area contributed by atoms with Crippen LogP contribution in [0.1, 0.15) is 18.4 Å². The Labute approximate surface area is 114 Å². The van der Waals surface area contributed by atoms with Crippen LogP contribution in [0.25, 0.3) is 0 Å². The number of rotatable bonds is 5. The van der Waals surface area contributed by atoms with Gasteiger partial charge in [-0.15, -0.1) is 0 Å². The Morgan fingerprint density at radius 2 is 2.00 bits per heavy atom. The summed E-state index contributed by atoms with van der Waals surface area (Å²) in [6, 6.07) is 2.70. The third-order valence-corrected chi connectivity index (χ3v) is 4.53. The number of nitrogens with one attached hydrogen (secondary N) is 2. The molecular weight excluding hydrogens is 295 g/mol. The molecule has 0 amide bonds. The van der Waals surface area contributed by atoms with Crippen LogP contribution < -0.4 is 10.0 Å². The number of aromatic nitrogens is 1. The number of nitrogens with zero attached hydrogens (tertiary/aromatic N) is 1. The molecular formula is C11H14F3N3O2S. The second-order valence-corrected chi connectivity index (χ2v) is 6.35. The summed E-state index contributed by atoms with van der Waals surface area (Å²) in [6.07, 6.45) is -3.76. The van der Waals surface area contributed by atoms with Crippen LogP contribution in [-0.4, -0.2) is 32.2 Å². The molecule has 112 valence electrons. The Balaban J connectivity index is 2.19. The van der Waals surface area contributed by atoms with Crippen LogP contribution in [0.15, 0.2) is 23.4 Å². The summed E-state index contributed by atoms with van der Waals surface area (Å²) in [5, 5.41) is 2.45. The van der Waals surface area contributed by atoms with Gasteiger partial charge in [-0.25, -0.2) is 13.4 Å². The maximum Gasteiger partial charge on any atom is 0.407 e. The summed E-state index contributed by atoms with van der Waals surface area (Å²) in [5.41, 5.74) is -1.58. The number of halogens is 3. The van der Waals surface area contributed by atoms with E-state index in [4.69, 9.17) is 0 Å². The molecule has 20 heavy (non-hydrogen) atoms. The first-order valence-electron chi connectivity index (χ1n) is 5.90. The van der Waals surface area contributed by atoms with E-state index in [1.54, 1.807) is 11.8 Å². The normalized spacial score (nSPS) is 18.0. The number of alkyl halides is 3. The maximum absolute atomic E-state index is 12.8. The van der Waals surface area contributed by atoms with Crippen molar-refractivity contribution in [2.75, 3.05) is 7.05 Å². The third kappa shape index (κ3) is 2.94. The lowest BCUT2D eigenvalue weighted by atomic mass is 10.3. The highest BCUT2D eigenvalue weighted by molar-refractivity contribution is 7.89. The summed E-state index contributed by atoms with van der Waals surface area (Å²) < 4.78 is 63.8. The van der Waals surface area contributed by atoms with Crippen LogP contribution in [0.4, 0.5) is 13.2 Å². The average Bonchev–Trinajstić information content (AvgIpc) is 3.10. The largest absolute Gasteiger partial charge is 0.407 e. The van der Waals surface area contributed by atoms with Crippen LogP contribution in [0.2, 0.25) is 0 Å². The summed E-state index contributed by atoms with van der Waals surface area (Å²) in [7, 11) is -2.56. The van der Waals surface area contributed by atoms with Gasteiger partial charge in [-0.1, -0.05) is 6.07 Å². The van der Waals surface area contributed by atoms with Crippen molar-refractivity contribution in [2.45, 2.75) is 36.1 Å². The van der Waals surface area contributed by atoms with E-state index >= 15 is 0 Å². The quantitative estimate of drug-likeness (QED) is 0.857. The van der Waals surface area contributed by atoms with E-state index in [0.29, 0.717) is 6.54 Å². The van der Waals surface area contributed by atoms with Gasteiger partial charge in [0.2, 0.25) is 0 Å². The van der Waals surface area contributed by atoms with Crippen LogP contribution in [0, 0.1) is 0 Å². The molecule has 1 aliphatic rings. The molecule has 0 radical (unpaired) electrons. The van der Waals surface area contributed by atoms with E-state index < -0.39 is 26.8 Å². The lowest BCUT2D eigenvalue weighted by Gasteiger charge is -2.20. The molecule has 1 heterocycles. The lowest BCUT2D eigenvalue weighted by Crippen LogP contribution is -2.47. The van der Waals surface area contributed by atoms with Crippen LogP contribution in [-0.2, 0) is 16.6 Å². The van der Waals surface area contributed by atoms with Crippen molar-refractivity contribution in [2.24, 2.45) is 0 Å². The number of sulfonamides is 1. The molecule has 0 unspecified atom stereocenters. The maximum atomic E-state index is 12.8. The fourth-order valence-corrected chi connectivity index (χ4v) is 3.13. The summed E-state index contributed by atoms with van der Waals surface area (Å²) >= 11 is 0. The van der Waals surface area contributed by atoms with Crippen molar-refractivity contribution in [3.63, 3.8) is 0 Å². The third-order valence-electron chi connectivity index (χ3n) is 3.08. The van der Waals surface area contributed by atoms with Gasteiger partial charge in [0.05, 0.1) is 0 Å².